The van der Waals surface area contributed by atoms with Gasteiger partial charge in [-0.25, -0.2) is 4.39 Å². The first-order chi connectivity index (χ1) is 9.95. The number of aryl methyl sites for hydroxylation is 1. The van der Waals surface area contributed by atoms with Gasteiger partial charge in [-0.15, -0.1) is 0 Å². The van der Waals surface area contributed by atoms with Crippen molar-refractivity contribution in [1.82, 2.24) is 0 Å². The Kier molecular flexibility index (Phi) is 4.84. The van der Waals surface area contributed by atoms with Crippen molar-refractivity contribution in [1.29, 1.82) is 0 Å². The van der Waals surface area contributed by atoms with E-state index in [2.05, 4.69) is 5.32 Å². The molecule has 0 spiro atoms. The third-order valence-electron chi connectivity index (χ3n) is 3.25. The van der Waals surface area contributed by atoms with E-state index >= 15 is 0 Å². The Hall–Kier alpha value is -2.03. The number of nitrogens with one attached hydrogen (secondary N) is 1. The fraction of sp³-hybridized carbons (Fsp3) is 0.333. The molecule has 21 heavy (non-hydrogen) atoms. The van der Waals surface area contributed by atoms with E-state index in [1.165, 1.54) is 6.07 Å². The molecule has 0 radical (unpaired) electrons. The molecule has 0 aliphatic rings. The quantitative estimate of drug-likeness (QED) is 0.826. The fourth-order valence-corrected chi connectivity index (χ4v) is 2.17. The minimum absolute atomic E-state index is 0.0226. The zero-order valence-corrected chi connectivity index (χ0v) is 13.0. The summed E-state index contributed by atoms with van der Waals surface area (Å²) in [6.07, 6.45) is 0.160. The van der Waals surface area contributed by atoms with Gasteiger partial charge in [-0.1, -0.05) is 18.2 Å². The molecule has 112 valence electrons. The highest BCUT2D eigenvalue weighted by molar-refractivity contribution is 5.49. The lowest BCUT2D eigenvalue weighted by Crippen LogP contribution is -2.09. The predicted molar refractivity (Wildman–Crippen MR) is 85.4 cm³/mol. The third-order valence-corrected chi connectivity index (χ3v) is 3.25. The van der Waals surface area contributed by atoms with Crippen LogP contribution < -0.4 is 10.1 Å². The van der Waals surface area contributed by atoms with Crippen LogP contribution in [0.15, 0.2) is 42.5 Å². The van der Waals surface area contributed by atoms with Crippen molar-refractivity contribution >= 4 is 5.69 Å². The van der Waals surface area contributed by atoms with E-state index in [0.29, 0.717) is 5.69 Å². The smallest absolute Gasteiger partial charge is 0.146 e. The van der Waals surface area contributed by atoms with E-state index in [0.717, 1.165) is 16.9 Å². The SMILES string of the molecule is Cc1ccc(F)c(NC(C)c2ccc(OC(C)C)cc2)c1. The molecule has 0 aliphatic heterocycles. The van der Waals surface area contributed by atoms with Crippen molar-refractivity contribution in [3.63, 3.8) is 0 Å². The van der Waals surface area contributed by atoms with Crippen LogP contribution in [0, 0.1) is 12.7 Å². The van der Waals surface area contributed by atoms with Crippen molar-refractivity contribution in [3.05, 3.63) is 59.4 Å². The van der Waals surface area contributed by atoms with Gasteiger partial charge in [0.2, 0.25) is 0 Å². The van der Waals surface area contributed by atoms with Gasteiger partial charge in [0.05, 0.1) is 11.8 Å². The molecular weight excluding hydrogens is 265 g/mol. The molecular formula is C18H22FNO. The second-order valence-corrected chi connectivity index (χ2v) is 5.58. The van der Waals surface area contributed by atoms with Crippen LogP contribution in [-0.4, -0.2) is 6.10 Å². The molecule has 2 aromatic carbocycles. The highest BCUT2D eigenvalue weighted by atomic mass is 19.1. The van der Waals surface area contributed by atoms with Crippen molar-refractivity contribution in [2.24, 2.45) is 0 Å². The summed E-state index contributed by atoms with van der Waals surface area (Å²) < 4.78 is 19.4. The van der Waals surface area contributed by atoms with Gasteiger partial charge >= 0.3 is 0 Å². The molecule has 0 fully saturated rings. The molecule has 3 heteroatoms. The standard InChI is InChI=1S/C18H22FNO/c1-12(2)21-16-8-6-15(7-9-16)14(4)20-18-11-13(3)5-10-17(18)19/h5-12,14,20H,1-4H3. The number of halogens is 1. The van der Waals surface area contributed by atoms with Crippen LogP contribution in [0.3, 0.4) is 0 Å². The molecule has 1 atom stereocenters. The van der Waals surface area contributed by atoms with Gasteiger partial charge in [0.1, 0.15) is 11.6 Å². The predicted octanol–water partition coefficient (Wildman–Crippen LogP) is 5.09. The summed E-state index contributed by atoms with van der Waals surface area (Å²) in [5.74, 6) is 0.620. The molecule has 0 saturated carbocycles. The lowest BCUT2D eigenvalue weighted by atomic mass is 10.1. The van der Waals surface area contributed by atoms with Crippen molar-refractivity contribution in [3.8, 4) is 5.75 Å². The number of anilines is 1. The summed E-state index contributed by atoms with van der Waals surface area (Å²) in [7, 11) is 0. The highest BCUT2D eigenvalue weighted by Gasteiger charge is 2.09. The molecule has 1 unspecified atom stereocenters. The van der Waals surface area contributed by atoms with Crippen molar-refractivity contribution < 1.29 is 9.13 Å². The topological polar surface area (TPSA) is 21.3 Å². The van der Waals surface area contributed by atoms with E-state index < -0.39 is 0 Å². The average molecular weight is 287 g/mol. The minimum atomic E-state index is -0.229. The van der Waals surface area contributed by atoms with Crippen LogP contribution in [-0.2, 0) is 0 Å². The maximum absolute atomic E-state index is 13.8. The largest absolute Gasteiger partial charge is 0.491 e. The molecule has 0 amide bonds. The van der Waals surface area contributed by atoms with E-state index in [1.54, 1.807) is 6.07 Å². The van der Waals surface area contributed by atoms with Crippen LogP contribution in [0.4, 0.5) is 10.1 Å². The molecule has 2 rings (SSSR count). The van der Waals surface area contributed by atoms with E-state index in [-0.39, 0.29) is 18.0 Å². The monoisotopic (exact) mass is 287 g/mol. The Morgan fingerprint density at radius 3 is 2.29 bits per heavy atom. The van der Waals surface area contributed by atoms with Crippen LogP contribution in [0.1, 0.15) is 37.9 Å². The lowest BCUT2D eigenvalue weighted by molar-refractivity contribution is 0.242. The van der Waals surface area contributed by atoms with Crippen LogP contribution in [0.5, 0.6) is 5.75 Å². The zero-order chi connectivity index (χ0) is 15.4. The minimum Gasteiger partial charge on any atom is -0.491 e. The summed E-state index contributed by atoms with van der Waals surface area (Å²) in [5.41, 5.74) is 2.66. The first-order valence-electron chi connectivity index (χ1n) is 7.25. The number of benzene rings is 2. The van der Waals surface area contributed by atoms with Gasteiger partial charge in [0, 0.05) is 6.04 Å². The van der Waals surface area contributed by atoms with Gasteiger partial charge in [-0.05, 0) is 63.1 Å². The van der Waals surface area contributed by atoms with Gasteiger partial charge in [0.15, 0.2) is 0 Å². The number of rotatable bonds is 5. The Balaban J connectivity index is 2.09. The second kappa shape index (κ2) is 6.61. The Morgan fingerprint density at radius 1 is 1.00 bits per heavy atom. The summed E-state index contributed by atoms with van der Waals surface area (Å²) in [4.78, 5) is 0. The average Bonchev–Trinajstić information content (AvgIpc) is 2.43. The van der Waals surface area contributed by atoms with Gasteiger partial charge in [-0.3, -0.25) is 0 Å². The Bertz CT molecular complexity index is 593. The van der Waals surface area contributed by atoms with Gasteiger partial charge in [0.25, 0.3) is 0 Å². The van der Waals surface area contributed by atoms with E-state index in [1.807, 2.05) is 58.0 Å². The lowest BCUT2D eigenvalue weighted by Gasteiger charge is -2.17. The van der Waals surface area contributed by atoms with Gasteiger partial charge in [-0.2, -0.15) is 0 Å². The molecule has 2 aromatic rings. The van der Waals surface area contributed by atoms with E-state index in [9.17, 15) is 4.39 Å². The number of ether oxygens (including phenoxy) is 1. The Labute approximate surface area is 126 Å². The Morgan fingerprint density at radius 2 is 1.67 bits per heavy atom. The first-order valence-corrected chi connectivity index (χ1v) is 7.25. The third kappa shape index (κ3) is 4.22. The number of hydrogen-bond donors (Lipinski definition) is 1. The molecule has 2 nitrogen and oxygen atoms in total. The van der Waals surface area contributed by atoms with Crippen molar-refractivity contribution in [2.45, 2.75) is 39.8 Å². The van der Waals surface area contributed by atoms with E-state index in [4.69, 9.17) is 4.74 Å². The summed E-state index contributed by atoms with van der Waals surface area (Å²) in [6.45, 7) is 7.96. The second-order valence-electron chi connectivity index (χ2n) is 5.58. The van der Waals surface area contributed by atoms with Crippen LogP contribution in [0.2, 0.25) is 0 Å². The molecule has 0 saturated heterocycles. The van der Waals surface area contributed by atoms with Crippen LogP contribution >= 0.6 is 0 Å². The molecule has 1 N–H and O–H groups in total. The summed E-state index contributed by atoms with van der Waals surface area (Å²) >= 11 is 0. The highest BCUT2D eigenvalue weighted by Crippen LogP contribution is 2.24. The maximum atomic E-state index is 13.8. The molecule has 0 aliphatic carbocycles. The van der Waals surface area contributed by atoms with Crippen LogP contribution in [0.25, 0.3) is 0 Å². The fourth-order valence-electron chi connectivity index (χ4n) is 2.17. The first kappa shape index (κ1) is 15.4. The zero-order valence-electron chi connectivity index (χ0n) is 13.0. The molecule has 0 heterocycles. The maximum Gasteiger partial charge on any atom is 0.146 e. The van der Waals surface area contributed by atoms with Gasteiger partial charge < -0.3 is 10.1 Å². The molecule has 0 bridgehead atoms. The molecule has 0 aromatic heterocycles. The van der Waals surface area contributed by atoms with Crippen molar-refractivity contribution in [2.75, 3.05) is 5.32 Å². The summed E-state index contributed by atoms with van der Waals surface area (Å²) in [6, 6.07) is 13.0. The summed E-state index contributed by atoms with van der Waals surface area (Å²) in [5, 5.41) is 3.21. The normalized spacial score (nSPS) is 12.3. The number of hydrogen-bond acceptors (Lipinski definition) is 2.